The Morgan fingerprint density at radius 1 is 0.931 bits per heavy atom. The van der Waals surface area contributed by atoms with Gasteiger partial charge in [-0.2, -0.15) is 0 Å². The third-order valence-corrected chi connectivity index (χ3v) is 5.64. The van der Waals surface area contributed by atoms with Crippen molar-refractivity contribution in [1.82, 2.24) is 9.55 Å². The summed E-state index contributed by atoms with van der Waals surface area (Å²) >= 11 is 1.40. The lowest BCUT2D eigenvalue weighted by molar-refractivity contribution is -0.131. The highest BCUT2D eigenvalue weighted by molar-refractivity contribution is 7.99. The van der Waals surface area contributed by atoms with E-state index < -0.39 is 0 Å². The van der Waals surface area contributed by atoms with Gasteiger partial charge in [0, 0.05) is 0 Å². The van der Waals surface area contributed by atoms with Crippen LogP contribution in [0.3, 0.4) is 0 Å². The highest BCUT2D eigenvalue weighted by Crippen LogP contribution is 2.25. The van der Waals surface area contributed by atoms with Crippen molar-refractivity contribution in [1.29, 1.82) is 0 Å². The molecule has 0 aliphatic rings. The lowest BCUT2D eigenvalue weighted by Crippen LogP contribution is -2.11. The summed E-state index contributed by atoms with van der Waals surface area (Å²) in [6, 6.07) is 25.9. The summed E-state index contributed by atoms with van der Waals surface area (Å²) in [5, 5.41) is 0.813. The van der Waals surface area contributed by atoms with Crippen LogP contribution >= 0.6 is 11.8 Å². The van der Waals surface area contributed by atoms with Crippen molar-refractivity contribution < 1.29 is 9.53 Å². The van der Waals surface area contributed by atoms with Crippen LogP contribution in [-0.2, 0) is 17.8 Å². The smallest absolute Gasteiger partial charge is 0.321 e. The van der Waals surface area contributed by atoms with Crippen LogP contribution in [0, 0.1) is 0 Å². The first-order chi connectivity index (χ1) is 14.2. The van der Waals surface area contributed by atoms with Gasteiger partial charge in [0.25, 0.3) is 0 Å². The number of fused-ring (bicyclic) bond motifs is 1. The fourth-order valence-electron chi connectivity index (χ4n) is 3.16. The molecule has 0 bridgehead atoms. The molecule has 0 saturated carbocycles. The molecule has 5 heteroatoms. The molecule has 29 heavy (non-hydrogen) atoms. The molecule has 0 radical (unpaired) electrons. The maximum absolute atomic E-state index is 12.3. The molecule has 4 rings (SSSR count). The maximum Gasteiger partial charge on any atom is 0.321 e. The molecule has 0 spiro atoms. The van der Waals surface area contributed by atoms with Gasteiger partial charge in [0.2, 0.25) is 0 Å². The van der Waals surface area contributed by atoms with Crippen LogP contribution in [0.5, 0.6) is 5.75 Å². The molecule has 0 amide bonds. The lowest BCUT2D eigenvalue weighted by Gasteiger charge is -2.09. The van der Waals surface area contributed by atoms with E-state index in [0.717, 1.165) is 22.6 Å². The van der Waals surface area contributed by atoms with Crippen molar-refractivity contribution in [2.75, 3.05) is 5.75 Å². The Kier molecular flexibility index (Phi) is 5.96. The zero-order valence-corrected chi connectivity index (χ0v) is 17.1. The predicted molar refractivity (Wildman–Crippen MR) is 117 cm³/mol. The van der Waals surface area contributed by atoms with Crippen LogP contribution in [0.1, 0.15) is 18.1 Å². The molecule has 1 heterocycles. The minimum absolute atomic E-state index is 0.202. The zero-order chi connectivity index (χ0) is 20.1. The van der Waals surface area contributed by atoms with Gasteiger partial charge in [-0.3, -0.25) is 4.79 Å². The first-order valence-corrected chi connectivity index (χ1v) is 10.6. The second kappa shape index (κ2) is 8.97. The molecular formula is C24H22N2O2S. The van der Waals surface area contributed by atoms with Crippen molar-refractivity contribution >= 4 is 28.8 Å². The number of carbonyl (C=O) groups is 1. The van der Waals surface area contributed by atoms with Crippen LogP contribution < -0.4 is 4.74 Å². The fraction of sp³-hybridized carbons (Fsp3) is 0.167. The number of para-hydroxylation sites is 2. The molecule has 0 N–H and O–H groups in total. The van der Waals surface area contributed by atoms with Gasteiger partial charge in [-0.25, -0.2) is 4.98 Å². The quantitative estimate of drug-likeness (QED) is 0.238. The summed E-state index contributed by atoms with van der Waals surface area (Å²) in [5.41, 5.74) is 4.39. The van der Waals surface area contributed by atoms with Crippen LogP contribution in [0.4, 0.5) is 0 Å². The number of benzene rings is 3. The Balaban J connectivity index is 1.49. The molecule has 0 fully saturated rings. The summed E-state index contributed by atoms with van der Waals surface area (Å²) in [4.78, 5) is 17.1. The van der Waals surface area contributed by atoms with E-state index in [1.54, 1.807) is 0 Å². The molecule has 0 unspecified atom stereocenters. The first-order valence-electron chi connectivity index (χ1n) is 9.64. The molecule has 0 aliphatic carbocycles. The van der Waals surface area contributed by atoms with Gasteiger partial charge in [-0.1, -0.05) is 73.3 Å². The van der Waals surface area contributed by atoms with Crippen molar-refractivity contribution in [3.63, 3.8) is 0 Å². The molecule has 1 aromatic heterocycles. The summed E-state index contributed by atoms with van der Waals surface area (Å²) in [6.45, 7) is 2.80. The monoisotopic (exact) mass is 402 g/mol. The van der Waals surface area contributed by atoms with Crippen LogP contribution in [0.25, 0.3) is 11.0 Å². The van der Waals surface area contributed by atoms with E-state index in [4.69, 9.17) is 9.72 Å². The highest BCUT2D eigenvalue weighted by atomic mass is 32.2. The second-order valence-electron chi connectivity index (χ2n) is 6.72. The van der Waals surface area contributed by atoms with Gasteiger partial charge in [0.05, 0.1) is 23.3 Å². The molecule has 0 atom stereocenters. The van der Waals surface area contributed by atoms with E-state index in [-0.39, 0.29) is 11.7 Å². The average molecular weight is 403 g/mol. The van der Waals surface area contributed by atoms with E-state index in [0.29, 0.717) is 12.3 Å². The van der Waals surface area contributed by atoms with Gasteiger partial charge in [-0.05, 0) is 41.8 Å². The minimum Gasteiger partial charge on any atom is -0.426 e. The largest absolute Gasteiger partial charge is 0.426 e. The number of thioether (sulfide) groups is 1. The van der Waals surface area contributed by atoms with Crippen LogP contribution in [0.15, 0.2) is 84.0 Å². The van der Waals surface area contributed by atoms with E-state index in [9.17, 15) is 4.79 Å². The summed E-state index contributed by atoms with van der Waals surface area (Å²) in [7, 11) is 0. The SMILES string of the molecule is CCc1ccc(OC(=O)CSc2nc3ccccc3n2Cc2ccccc2)cc1. The predicted octanol–water partition coefficient (Wildman–Crippen LogP) is 5.34. The van der Waals surface area contributed by atoms with Gasteiger partial charge < -0.3 is 9.30 Å². The Morgan fingerprint density at radius 3 is 2.41 bits per heavy atom. The summed E-state index contributed by atoms with van der Waals surface area (Å²) in [5.74, 6) is 0.497. The number of aryl methyl sites for hydroxylation is 1. The van der Waals surface area contributed by atoms with Gasteiger partial charge in [-0.15, -0.1) is 0 Å². The Hall–Kier alpha value is -3.05. The van der Waals surface area contributed by atoms with Crippen molar-refractivity contribution in [2.24, 2.45) is 0 Å². The van der Waals surface area contributed by atoms with Gasteiger partial charge >= 0.3 is 5.97 Å². The normalized spacial score (nSPS) is 10.9. The highest BCUT2D eigenvalue weighted by Gasteiger charge is 2.14. The number of nitrogens with zero attached hydrogens (tertiary/aromatic N) is 2. The number of rotatable bonds is 7. The van der Waals surface area contributed by atoms with E-state index in [1.165, 1.54) is 22.9 Å². The molecule has 0 aliphatic heterocycles. The topological polar surface area (TPSA) is 44.1 Å². The first kappa shape index (κ1) is 19.3. The second-order valence-corrected chi connectivity index (χ2v) is 7.66. The Labute approximate surface area is 174 Å². The number of ether oxygens (including phenoxy) is 1. The van der Waals surface area contributed by atoms with Gasteiger partial charge in [0.15, 0.2) is 5.16 Å². The Morgan fingerprint density at radius 2 is 1.66 bits per heavy atom. The zero-order valence-electron chi connectivity index (χ0n) is 16.2. The van der Waals surface area contributed by atoms with Crippen molar-refractivity contribution in [3.05, 3.63) is 90.0 Å². The lowest BCUT2D eigenvalue weighted by atomic mass is 10.2. The molecule has 146 valence electrons. The van der Waals surface area contributed by atoms with E-state index in [1.807, 2.05) is 60.7 Å². The standard InChI is InChI=1S/C24H22N2O2S/c1-2-18-12-14-20(15-13-18)28-23(27)17-29-24-25-21-10-6-7-11-22(21)26(24)16-19-8-4-3-5-9-19/h3-15H,2,16-17H2,1H3. The molecule has 0 saturated heterocycles. The number of aromatic nitrogens is 2. The summed E-state index contributed by atoms with van der Waals surface area (Å²) < 4.78 is 7.62. The number of hydrogen-bond acceptors (Lipinski definition) is 4. The Bertz CT molecular complexity index is 1100. The number of imidazole rings is 1. The van der Waals surface area contributed by atoms with E-state index >= 15 is 0 Å². The number of carbonyl (C=O) groups excluding carboxylic acids is 1. The van der Waals surface area contributed by atoms with E-state index in [2.05, 4.69) is 29.7 Å². The van der Waals surface area contributed by atoms with Crippen molar-refractivity contribution in [2.45, 2.75) is 25.0 Å². The third-order valence-electron chi connectivity index (χ3n) is 4.69. The van der Waals surface area contributed by atoms with Crippen LogP contribution in [-0.4, -0.2) is 21.3 Å². The van der Waals surface area contributed by atoms with Crippen molar-refractivity contribution in [3.8, 4) is 5.75 Å². The van der Waals surface area contributed by atoms with Crippen LogP contribution in [0.2, 0.25) is 0 Å². The molecular weight excluding hydrogens is 380 g/mol. The number of hydrogen-bond donors (Lipinski definition) is 0. The average Bonchev–Trinajstić information content (AvgIpc) is 3.11. The molecule has 4 aromatic rings. The maximum atomic E-state index is 12.3. The molecule has 4 nitrogen and oxygen atoms in total. The molecule has 3 aromatic carbocycles. The fourth-order valence-corrected chi connectivity index (χ4v) is 3.95. The van der Waals surface area contributed by atoms with Gasteiger partial charge in [0.1, 0.15) is 5.75 Å². The minimum atomic E-state index is -0.280. The number of esters is 1. The summed E-state index contributed by atoms with van der Waals surface area (Å²) in [6.07, 6.45) is 0.960. The third kappa shape index (κ3) is 4.69.